The van der Waals surface area contributed by atoms with Crippen molar-refractivity contribution in [3.8, 4) is 0 Å². The number of hydrogen-bond acceptors (Lipinski definition) is 4. The van der Waals surface area contributed by atoms with E-state index in [4.69, 9.17) is 9.84 Å². The maximum absolute atomic E-state index is 11.4. The molecule has 0 atom stereocenters. The van der Waals surface area contributed by atoms with Crippen LogP contribution in [0.25, 0.3) is 0 Å². The van der Waals surface area contributed by atoms with Gasteiger partial charge in [0.1, 0.15) is 6.61 Å². The van der Waals surface area contributed by atoms with Crippen molar-refractivity contribution in [3.63, 3.8) is 0 Å². The predicted molar refractivity (Wildman–Crippen MR) is 69.1 cm³/mol. The van der Waals surface area contributed by atoms with Gasteiger partial charge in [-0.3, -0.25) is 4.79 Å². The summed E-state index contributed by atoms with van der Waals surface area (Å²) in [7, 11) is 0. The average molecular weight is 252 g/mol. The van der Waals surface area contributed by atoms with Gasteiger partial charge >= 0.3 is 0 Å². The molecule has 5 heteroatoms. The van der Waals surface area contributed by atoms with Crippen LogP contribution in [-0.4, -0.2) is 43.9 Å². The monoisotopic (exact) mass is 252 g/mol. The van der Waals surface area contributed by atoms with E-state index in [1.165, 1.54) is 0 Å². The number of amides is 1. The van der Waals surface area contributed by atoms with Crippen molar-refractivity contribution in [3.05, 3.63) is 35.9 Å². The number of carbonyl (C=O) groups excluding carboxylic acids is 1. The Morgan fingerprint density at radius 1 is 1.22 bits per heavy atom. The Morgan fingerprint density at radius 2 is 2.00 bits per heavy atom. The van der Waals surface area contributed by atoms with Crippen LogP contribution in [0.2, 0.25) is 0 Å². The summed E-state index contributed by atoms with van der Waals surface area (Å²) in [6.07, 6.45) is 0. The standard InChI is InChI=1S/C13H20N2O3/c16-8-6-14-7-9-18-11-13(17)15-10-12-4-2-1-3-5-12/h1-5,14,16H,6-11H2,(H,15,17). The second-order valence-corrected chi connectivity index (χ2v) is 3.79. The van der Waals surface area contributed by atoms with Gasteiger partial charge in [0.25, 0.3) is 0 Å². The molecule has 100 valence electrons. The number of rotatable bonds is 9. The third-order valence-corrected chi connectivity index (χ3v) is 2.28. The third-order valence-electron chi connectivity index (χ3n) is 2.28. The van der Waals surface area contributed by atoms with E-state index in [0.29, 0.717) is 26.2 Å². The molecule has 3 N–H and O–H groups in total. The van der Waals surface area contributed by atoms with Crippen LogP contribution in [0.5, 0.6) is 0 Å². The van der Waals surface area contributed by atoms with Gasteiger partial charge in [0.2, 0.25) is 5.91 Å². The van der Waals surface area contributed by atoms with Gasteiger partial charge < -0.3 is 20.5 Å². The summed E-state index contributed by atoms with van der Waals surface area (Å²) in [5, 5.41) is 14.3. The molecule has 5 nitrogen and oxygen atoms in total. The average Bonchev–Trinajstić information content (AvgIpc) is 2.41. The molecule has 1 aromatic rings. The molecule has 0 aliphatic carbocycles. The summed E-state index contributed by atoms with van der Waals surface area (Å²) in [5.41, 5.74) is 1.07. The quantitative estimate of drug-likeness (QED) is 0.537. The van der Waals surface area contributed by atoms with E-state index in [9.17, 15) is 4.79 Å². The first-order valence-corrected chi connectivity index (χ1v) is 6.03. The maximum Gasteiger partial charge on any atom is 0.246 e. The lowest BCUT2D eigenvalue weighted by molar-refractivity contribution is -0.125. The Bertz CT molecular complexity index is 330. The molecule has 0 aliphatic heterocycles. The fourth-order valence-electron chi connectivity index (χ4n) is 1.36. The van der Waals surface area contributed by atoms with E-state index in [1.807, 2.05) is 30.3 Å². The number of ether oxygens (including phenoxy) is 1. The molecule has 0 unspecified atom stereocenters. The van der Waals surface area contributed by atoms with Crippen LogP contribution in [0.1, 0.15) is 5.56 Å². The molecule has 0 fully saturated rings. The Labute approximate surface area is 107 Å². The first-order valence-electron chi connectivity index (χ1n) is 6.03. The predicted octanol–water partition coefficient (Wildman–Crippen LogP) is -0.0987. The van der Waals surface area contributed by atoms with Gasteiger partial charge in [0, 0.05) is 19.6 Å². The van der Waals surface area contributed by atoms with Gasteiger partial charge in [-0.05, 0) is 5.56 Å². The van der Waals surface area contributed by atoms with Gasteiger partial charge in [-0.1, -0.05) is 30.3 Å². The maximum atomic E-state index is 11.4. The normalized spacial score (nSPS) is 10.3. The Morgan fingerprint density at radius 3 is 2.72 bits per heavy atom. The highest BCUT2D eigenvalue weighted by molar-refractivity contribution is 5.77. The fraction of sp³-hybridized carbons (Fsp3) is 0.462. The Balaban J connectivity index is 2.01. The first-order chi connectivity index (χ1) is 8.83. The number of benzene rings is 1. The highest BCUT2D eigenvalue weighted by Crippen LogP contribution is 1.96. The lowest BCUT2D eigenvalue weighted by atomic mass is 10.2. The van der Waals surface area contributed by atoms with Gasteiger partial charge in [-0.15, -0.1) is 0 Å². The summed E-state index contributed by atoms with van der Waals surface area (Å²) in [4.78, 5) is 11.4. The second kappa shape index (κ2) is 9.58. The van der Waals surface area contributed by atoms with E-state index >= 15 is 0 Å². The zero-order valence-electron chi connectivity index (χ0n) is 10.4. The minimum absolute atomic E-state index is 0.0631. The van der Waals surface area contributed by atoms with Gasteiger partial charge in [-0.2, -0.15) is 0 Å². The highest BCUT2D eigenvalue weighted by Gasteiger charge is 2.00. The summed E-state index contributed by atoms with van der Waals surface area (Å²) in [5.74, 6) is -0.124. The van der Waals surface area contributed by atoms with Crippen molar-refractivity contribution in [1.82, 2.24) is 10.6 Å². The lowest BCUT2D eigenvalue weighted by Crippen LogP contribution is -2.29. The molecule has 0 saturated heterocycles. The van der Waals surface area contributed by atoms with Crippen molar-refractivity contribution in [2.45, 2.75) is 6.54 Å². The van der Waals surface area contributed by atoms with Gasteiger partial charge in [0.15, 0.2) is 0 Å². The summed E-state index contributed by atoms with van der Waals surface area (Å²) < 4.78 is 5.17. The SMILES string of the molecule is O=C(COCCNCCO)NCc1ccccc1. The highest BCUT2D eigenvalue weighted by atomic mass is 16.5. The van der Waals surface area contributed by atoms with Crippen molar-refractivity contribution in [1.29, 1.82) is 0 Å². The van der Waals surface area contributed by atoms with Crippen LogP contribution in [0.3, 0.4) is 0 Å². The van der Waals surface area contributed by atoms with Gasteiger partial charge in [0.05, 0.1) is 13.2 Å². The molecule has 0 aliphatic rings. The van der Waals surface area contributed by atoms with E-state index in [2.05, 4.69) is 10.6 Å². The number of carbonyl (C=O) groups is 1. The van der Waals surface area contributed by atoms with E-state index in [-0.39, 0.29) is 19.1 Å². The van der Waals surface area contributed by atoms with E-state index in [1.54, 1.807) is 0 Å². The van der Waals surface area contributed by atoms with Crippen LogP contribution < -0.4 is 10.6 Å². The van der Waals surface area contributed by atoms with Gasteiger partial charge in [-0.25, -0.2) is 0 Å². The molecular weight excluding hydrogens is 232 g/mol. The Hall–Kier alpha value is -1.43. The Kier molecular flexibility index (Phi) is 7.79. The van der Waals surface area contributed by atoms with Crippen LogP contribution in [0.4, 0.5) is 0 Å². The lowest BCUT2D eigenvalue weighted by Gasteiger charge is -2.06. The molecule has 0 spiro atoms. The molecule has 0 heterocycles. The summed E-state index contributed by atoms with van der Waals surface area (Å²) >= 11 is 0. The van der Waals surface area contributed by atoms with Crippen LogP contribution in [0, 0.1) is 0 Å². The minimum Gasteiger partial charge on any atom is -0.395 e. The zero-order chi connectivity index (χ0) is 13.1. The van der Waals surface area contributed by atoms with Crippen LogP contribution in [0.15, 0.2) is 30.3 Å². The smallest absolute Gasteiger partial charge is 0.246 e. The molecule has 1 aromatic carbocycles. The molecule has 18 heavy (non-hydrogen) atoms. The molecule has 1 amide bonds. The molecule has 0 bridgehead atoms. The number of aliphatic hydroxyl groups excluding tert-OH is 1. The van der Waals surface area contributed by atoms with Crippen LogP contribution >= 0.6 is 0 Å². The van der Waals surface area contributed by atoms with Crippen molar-refractivity contribution < 1.29 is 14.6 Å². The topological polar surface area (TPSA) is 70.6 Å². The largest absolute Gasteiger partial charge is 0.395 e. The van der Waals surface area contributed by atoms with Crippen molar-refractivity contribution >= 4 is 5.91 Å². The first kappa shape index (κ1) is 14.6. The second-order valence-electron chi connectivity index (χ2n) is 3.79. The number of hydrogen-bond donors (Lipinski definition) is 3. The molecule has 0 saturated carbocycles. The molecule has 0 aromatic heterocycles. The number of nitrogens with one attached hydrogen (secondary N) is 2. The summed E-state index contributed by atoms with van der Waals surface area (Å²) in [6.45, 7) is 2.33. The summed E-state index contributed by atoms with van der Waals surface area (Å²) in [6, 6.07) is 9.73. The van der Waals surface area contributed by atoms with Crippen LogP contribution in [-0.2, 0) is 16.1 Å². The van der Waals surface area contributed by atoms with E-state index in [0.717, 1.165) is 5.56 Å². The minimum atomic E-state index is -0.124. The molecule has 1 rings (SSSR count). The van der Waals surface area contributed by atoms with Crippen molar-refractivity contribution in [2.75, 3.05) is 32.9 Å². The van der Waals surface area contributed by atoms with Crippen molar-refractivity contribution in [2.24, 2.45) is 0 Å². The fourth-order valence-corrected chi connectivity index (χ4v) is 1.36. The number of aliphatic hydroxyl groups is 1. The third kappa shape index (κ3) is 7.01. The molecule has 0 radical (unpaired) electrons. The zero-order valence-corrected chi connectivity index (χ0v) is 10.4. The molecular formula is C13H20N2O3. The van der Waals surface area contributed by atoms with E-state index < -0.39 is 0 Å².